The van der Waals surface area contributed by atoms with Gasteiger partial charge in [0.25, 0.3) is 0 Å². The second kappa shape index (κ2) is 6.73. The monoisotopic (exact) mass is 403 g/mol. The minimum absolute atomic E-state index is 0.274. The first kappa shape index (κ1) is 17.2. The third kappa shape index (κ3) is 3.03. The molecule has 0 N–H and O–H groups in total. The number of fused-ring (bicyclic) bond motifs is 1. The maximum Gasteiger partial charge on any atom is 0.133 e. The van der Waals surface area contributed by atoms with Crippen molar-refractivity contribution in [3.8, 4) is 16.9 Å². The van der Waals surface area contributed by atoms with E-state index in [9.17, 15) is 0 Å². The Morgan fingerprint density at radius 1 is 1.12 bits per heavy atom. The van der Waals surface area contributed by atoms with Crippen LogP contribution in [-0.2, 0) is 0 Å². The molecule has 3 aromatic rings. The number of nitrogens with zero attached hydrogens (tertiary/aromatic N) is 1. The maximum absolute atomic E-state index is 6.55. The minimum atomic E-state index is 0.274. The zero-order chi connectivity index (χ0) is 17.4. The Morgan fingerprint density at radius 2 is 1.79 bits per heavy atom. The number of aryl methyl sites for hydroxylation is 1. The number of methoxy groups -OCH3 is 1. The minimum Gasteiger partial charge on any atom is -0.497 e. The summed E-state index contributed by atoms with van der Waals surface area (Å²) in [4.78, 5) is 4.63. The fraction of sp³-hybridized carbons (Fsp3) is 0.250. The summed E-state index contributed by atoms with van der Waals surface area (Å²) in [6.45, 7) is 6.38. The Bertz CT molecular complexity index is 904. The second-order valence-electron chi connectivity index (χ2n) is 6.19. The van der Waals surface area contributed by atoms with Gasteiger partial charge in [-0.2, -0.15) is 0 Å². The molecular weight excluding hydrogens is 386 g/mol. The number of benzene rings is 2. The molecule has 24 heavy (non-hydrogen) atoms. The topological polar surface area (TPSA) is 22.1 Å². The third-order valence-corrected chi connectivity index (χ3v) is 5.35. The van der Waals surface area contributed by atoms with Crippen molar-refractivity contribution in [1.82, 2.24) is 4.98 Å². The third-order valence-electron chi connectivity index (χ3n) is 4.21. The Labute approximate surface area is 155 Å². The van der Waals surface area contributed by atoms with E-state index < -0.39 is 0 Å². The number of aromatic nitrogens is 1. The molecule has 1 heterocycles. The zero-order valence-corrected chi connectivity index (χ0v) is 16.5. The van der Waals surface area contributed by atoms with E-state index in [0.717, 1.165) is 37.8 Å². The lowest BCUT2D eigenvalue weighted by atomic mass is 9.90. The quantitative estimate of drug-likeness (QED) is 0.450. The van der Waals surface area contributed by atoms with Gasteiger partial charge in [0, 0.05) is 15.4 Å². The highest BCUT2D eigenvalue weighted by atomic mass is 79.9. The molecule has 0 saturated heterocycles. The van der Waals surface area contributed by atoms with Crippen LogP contribution in [0.4, 0.5) is 0 Å². The summed E-state index contributed by atoms with van der Waals surface area (Å²) in [6, 6.07) is 12.3. The van der Waals surface area contributed by atoms with Crippen molar-refractivity contribution in [3.63, 3.8) is 0 Å². The van der Waals surface area contributed by atoms with Crippen LogP contribution in [0.15, 0.2) is 40.9 Å². The molecule has 0 saturated carbocycles. The van der Waals surface area contributed by atoms with Gasteiger partial charge in [-0.15, -0.1) is 0 Å². The van der Waals surface area contributed by atoms with Crippen LogP contribution < -0.4 is 4.74 Å². The van der Waals surface area contributed by atoms with Crippen molar-refractivity contribution >= 4 is 38.4 Å². The molecule has 0 fully saturated rings. The van der Waals surface area contributed by atoms with Crippen LogP contribution in [0, 0.1) is 6.92 Å². The van der Waals surface area contributed by atoms with E-state index in [-0.39, 0.29) is 5.92 Å². The molecule has 4 heteroatoms. The van der Waals surface area contributed by atoms with Gasteiger partial charge in [-0.25, -0.2) is 4.98 Å². The summed E-state index contributed by atoms with van der Waals surface area (Å²) in [7, 11) is 1.67. The highest BCUT2D eigenvalue weighted by molar-refractivity contribution is 9.10. The Morgan fingerprint density at radius 3 is 2.38 bits per heavy atom. The standard InChI is InChI=1S/C20H19BrClNO/c1-11(2)18-19(13-5-7-14(24-4)8-6-13)15-9-12(3)16(21)10-17(15)23-20(18)22/h5-11H,1-4H3. The molecule has 1 aromatic heterocycles. The number of halogens is 2. The van der Waals surface area contributed by atoms with E-state index in [4.69, 9.17) is 16.3 Å². The van der Waals surface area contributed by atoms with Crippen LogP contribution in [-0.4, -0.2) is 12.1 Å². The summed E-state index contributed by atoms with van der Waals surface area (Å²) in [5, 5.41) is 1.69. The van der Waals surface area contributed by atoms with E-state index in [1.165, 1.54) is 5.56 Å². The predicted molar refractivity (Wildman–Crippen MR) is 105 cm³/mol. The van der Waals surface area contributed by atoms with Gasteiger partial charge in [0.15, 0.2) is 0 Å². The maximum atomic E-state index is 6.55. The van der Waals surface area contributed by atoms with Gasteiger partial charge in [0.2, 0.25) is 0 Å². The molecule has 0 atom stereocenters. The number of pyridine rings is 1. The summed E-state index contributed by atoms with van der Waals surface area (Å²) in [5.41, 5.74) is 5.42. The zero-order valence-electron chi connectivity index (χ0n) is 14.2. The molecule has 0 bridgehead atoms. The first-order valence-electron chi connectivity index (χ1n) is 7.86. The SMILES string of the molecule is COc1ccc(-c2c(C(C)C)c(Cl)nc3cc(Br)c(C)cc23)cc1. The van der Waals surface area contributed by atoms with Crippen molar-refractivity contribution in [2.24, 2.45) is 0 Å². The fourth-order valence-corrected chi connectivity index (χ4v) is 3.71. The van der Waals surface area contributed by atoms with Gasteiger partial charge >= 0.3 is 0 Å². The van der Waals surface area contributed by atoms with Crippen LogP contribution in [0.5, 0.6) is 5.75 Å². The van der Waals surface area contributed by atoms with E-state index >= 15 is 0 Å². The highest BCUT2D eigenvalue weighted by Crippen LogP contribution is 2.40. The molecule has 124 valence electrons. The van der Waals surface area contributed by atoms with Gasteiger partial charge in [-0.3, -0.25) is 0 Å². The lowest BCUT2D eigenvalue weighted by Gasteiger charge is -2.18. The molecule has 0 radical (unpaired) electrons. The van der Waals surface area contributed by atoms with Gasteiger partial charge in [0.05, 0.1) is 12.6 Å². The van der Waals surface area contributed by atoms with Crippen molar-refractivity contribution in [3.05, 3.63) is 57.2 Å². The predicted octanol–water partition coefficient (Wildman–Crippen LogP) is 6.76. The van der Waals surface area contributed by atoms with Gasteiger partial charge in [-0.1, -0.05) is 53.5 Å². The fourth-order valence-electron chi connectivity index (χ4n) is 2.97. The number of ether oxygens (including phenoxy) is 1. The molecule has 0 aliphatic rings. The van der Waals surface area contributed by atoms with Crippen LogP contribution in [0.2, 0.25) is 5.15 Å². The van der Waals surface area contributed by atoms with Gasteiger partial charge in [0.1, 0.15) is 10.9 Å². The Hall–Kier alpha value is -1.58. The number of hydrogen-bond donors (Lipinski definition) is 0. The summed E-state index contributed by atoms with van der Waals surface area (Å²) >= 11 is 10.1. The van der Waals surface area contributed by atoms with Crippen molar-refractivity contribution in [2.75, 3.05) is 7.11 Å². The molecule has 0 amide bonds. The summed E-state index contributed by atoms with van der Waals surface area (Å²) in [6.07, 6.45) is 0. The molecular formula is C20H19BrClNO. The molecule has 2 nitrogen and oxygen atoms in total. The van der Waals surface area contributed by atoms with E-state index in [1.54, 1.807) is 7.11 Å². The van der Waals surface area contributed by atoms with Gasteiger partial charge in [-0.05, 0) is 53.8 Å². The molecule has 0 spiro atoms. The Kier molecular flexibility index (Phi) is 4.84. The molecule has 3 rings (SSSR count). The van der Waals surface area contributed by atoms with Crippen molar-refractivity contribution in [2.45, 2.75) is 26.7 Å². The van der Waals surface area contributed by atoms with Crippen LogP contribution >= 0.6 is 27.5 Å². The number of rotatable bonds is 3. The van der Waals surface area contributed by atoms with Gasteiger partial charge < -0.3 is 4.74 Å². The average Bonchev–Trinajstić information content (AvgIpc) is 2.55. The van der Waals surface area contributed by atoms with Crippen molar-refractivity contribution < 1.29 is 4.74 Å². The van der Waals surface area contributed by atoms with Crippen molar-refractivity contribution in [1.29, 1.82) is 0 Å². The smallest absolute Gasteiger partial charge is 0.133 e. The van der Waals surface area contributed by atoms with Crippen LogP contribution in [0.3, 0.4) is 0 Å². The molecule has 0 aliphatic heterocycles. The highest BCUT2D eigenvalue weighted by Gasteiger charge is 2.19. The lowest BCUT2D eigenvalue weighted by molar-refractivity contribution is 0.415. The first-order chi connectivity index (χ1) is 11.4. The van der Waals surface area contributed by atoms with E-state index in [1.807, 2.05) is 18.2 Å². The van der Waals surface area contributed by atoms with Crippen LogP contribution in [0.1, 0.15) is 30.9 Å². The normalized spacial score (nSPS) is 11.3. The molecule has 0 aliphatic carbocycles. The molecule has 0 unspecified atom stereocenters. The first-order valence-corrected chi connectivity index (χ1v) is 9.03. The summed E-state index contributed by atoms with van der Waals surface area (Å²) < 4.78 is 6.32. The van der Waals surface area contributed by atoms with E-state index in [2.05, 4.69) is 59.9 Å². The number of hydrogen-bond acceptors (Lipinski definition) is 2. The van der Waals surface area contributed by atoms with E-state index in [0.29, 0.717) is 5.15 Å². The van der Waals surface area contributed by atoms with Crippen LogP contribution in [0.25, 0.3) is 22.0 Å². The summed E-state index contributed by atoms with van der Waals surface area (Å²) in [5.74, 6) is 1.11. The second-order valence-corrected chi connectivity index (χ2v) is 7.41. The largest absolute Gasteiger partial charge is 0.497 e. The molecule has 2 aromatic carbocycles. The average molecular weight is 405 g/mol. The Balaban J connectivity index is 2.40. The lowest BCUT2D eigenvalue weighted by Crippen LogP contribution is -1.99.